The summed E-state index contributed by atoms with van der Waals surface area (Å²) in [6.45, 7) is 5.16. The number of unbranched alkanes of at least 4 members (excludes halogenated alkanes) is 1. The molecule has 0 aliphatic rings. The maximum Gasteiger partial charge on any atom is 0.325 e. The minimum absolute atomic E-state index is 0.148. The summed E-state index contributed by atoms with van der Waals surface area (Å²) < 4.78 is 5.15. The van der Waals surface area contributed by atoms with Gasteiger partial charge in [0.2, 0.25) is 23.6 Å². The van der Waals surface area contributed by atoms with Crippen LogP contribution in [0.3, 0.4) is 0 Å². The van der Waals surface area contributed by atoms with E-state index < -0.39 is 60.3 Å². The molecule has 42 heavy (non-hydrogen) atoms. The topological polar surface area (TPSA) is 215 Å². The van der Waals surface area contributed by atoms with Crippen LogP contribution in [0.2, 0.25) is 0 Å². The van der Waals surface area contributed by atoms with E-state index in [1.54, 1.807) is 7.11 Å². The Morgan fingerprint density at radius 1 is 0.929 bits per heavy atom. The van der Waals surface area contributed by atoms with Gasteiger partial charge in [-0.25, -0.2) is 0 Å². The molecule has 1 rings (SSSR count). The number of rotatable bonds is 20. The van der Waals surface area contributed by atoms with E-state index in [-0.39, 0.29) is 11.7 Å². The van der Waals surface area contributed by atoms with Gasteiger partial charge in [-0.15, -0.1) is 0 Å². The van der Waals surface area contributed by atoms with Crippen molar-refractivity contribution in [3.8, 4) is 5.75 Å². The molecule has 236 valence electrons. The normalized spacial score (nSPS) is 13.8. The van der Waals surface area contributed by atoms with Gasteiger partial charge in [-0.1, -0.05) is 26.0 Å². The zero-order chi connectivity index (χ0) is 31.7. The molecule has 0 aromatic heterocycles. The molecular weight excluding hydrogens is 564 g/mol. The van der Waals surface area contributed by atoms with Gasteiger partial charge < -0.3 is 42.6 Å². The predicted molar refractivity (Wildman–Crippen MR) is 162 cm³/mol. The second-order valence-corrected chi connectivity index (χ2v) is 11.4. The summed E-state index contributed by atoms with van der Waals surface area (Å²) in [4.78, 5) is 62.2. The monoisotopic (exact) mass is 610 g/mol. The van der Waals surface area contributed by atoms with Gasteiger partial charge in [-0.3, -0.25) is 24.0 Å². The van der Waals surface area contributed by atoms with Crippen molar-refractivity contribution in [2.24, 2.45) is 17.4 Å². The van der Waals surface area contributed by atoms with Crippen molar-refractivity contribution in [1.82, 2.24) is 21.3 Å². The molecule has 0 saturated heterocycles. The number of methoxy groups -OCH3 is 1. The minimum atomic E-state index is -1.22. The van der Waals surface area contributed by atoms with Crippen LogP contribution in [0.4, 0.5) is 0 Å². The molecule has 1 aromatic carbocycles. The molecule has 0 spiro atoms. The fourth-order valence-electron chi connectivity index (χ4n) is 3.77. The molecule has 0 fully saturated rings. The molecule has 0 aliphatic carbocycles. The molecule has 0 aliphatic heterocycles. The number of carboxylic acids is 1. The van der Waals surface area contributed by atoms with Crippen LogP contribution in [0.15, 0.2) is 24.3 Å². The molecule has 13 nitrogen and oxygen atoms in total. The SMILES string of the molecule is COc1ccc(CSC[C@H](NC(=O)CNC(=O)[C@H](CCCCN)NC(=O)[C@@H](N)CC(C)C)C(=O)N[C@@H](C)C(=O)O)cc1. The highest BCUT2D eigenvalue weighted by atomic mass is 32.2. The van der Waals surface area contributed by atoms with E-state index in [2.05, 4.69) is 21.3 Å². The van der Waals surface area contributed by atoms with Crippen molar-refractivity contribution in [2.45, 2.75) is 76.4 Å². The summed E-state index contributed by atoms with van der Waals surface area (Å²) in [7, 11) is 1.57. The van der Waals surface area contributed by atoms with Crippen molar-refractivity contribution in [2.75, 3.05) is 26.0 Å². The smallest absolute Gasteiger partial charge is 0.325 e. The number of nitrogens with two attached hydrogens (primary N) is 2. The second kappa shape index (κ2) is 19.7. The maximum absolute atomic E-state index is 12.9. The van der Waals surface area contributed by atoms with E-state index >= 15 is 0 Å². The van der Waals surface area contributed by atoms with Gasteiger partial charge in [-0.2, -0.15) is 11.8 Å². The molecule has 0 bridgehead atoms. The van der Waals surface area contributed by atoms with Crippen LogP contribution in [0.25, 0.3) is 0 Å². The number of hydrogen-bond donors (Lipinski definition) is 7. The zero-order valence-corrected chi connectivity index (χ0v) is 25.6. The van der Waals surface area contributed by atoms with E-state index in [1.807, 2.05) is 38.1 Å². The average Bonchev–Trinajstić information content (AvgIpc) is 2.94. The third-order valence-corrected chi connectivity index (χ3v) is 7.26. The van der Waals surface area contributed by atoms with Gasteiger partial charge in [0.25, 0.3) is 0 Å². The number of hydrogen-bond acceptors (Lipinski definition) is 9. The van der Waals surface area contributed by atoms with Gasteiger partial charge >= 0.3 is 5.97 Å². The predicted octanol–water partition coefficient (Wildman–Crippen LogP) is 0.106. The third kappa shape index (κ3) is 14.5. The van der Waals surface area contributed by atoms with Gasteiger partial charge in [-0.05, 0) is 62.8 Å². The largest absolute Gasteiger partial charge is 0.497 e. The van der Waals surface area contributed by atoms with Gasteiger partial charge in [0.1, 0.15) is 23.9 Å². The Bertz CT molecular complexity index is 1020. The van der Waals surface area contributed by atoms with Crippen LogP contribution in [0, 0.1) is 5.92 Å². The van der Waals surface area contributed by atoms with Crippen molar-refractivity contribution in [3.63, 3.8) is 0 Å². The summed E-state index contributed by atoms with van der Waals surface area (Å²) in [6, 6.07) is 3.45. The molecule has 0 radical (unpaired) electrons. The van der Waals surface area contributed by atoms with Gasteiger partial charge in [0.15, 0.2) is 0 Å². The number of nitrogens with one attached hydrogen (secondary N) is 4. The molecule has 4 amide bonds. The fourth-order valence-corrected chi connectivity index (χ4v) is 4.78. The average molecular weight is 611 g/mol. The highest BCUT2D eigenvalue weighted by molar-refractivity contribution is 7.98. The summed E-state index contributed by atoms with van der Waals surface area (Å²) in [5.41, 5.74) is 12.5. The van der Waals surface area contributed by atoms with Crippen LogP contribution in [0.5, 0.6) is 5.75 Å². The summed E-state index contributed by atoms with van der Waals surface area (Å²) >= 11 is 1.37. The Kier molecular flexibility index (Phi) is 17.2. The lowest BCUT2D eigenvalue weighted by Gasteiger charge is -2.22. The van der Waals surface area contributed by atoms with Crippen LogP contribution >= 0.6 is 11.8 Å². The summed E-state index contributed by atoms with van der Waals surface area (Å²) in [5, 5.41) is 19.3. The van der Waals surface area contributed by atoms with E-state index in [0.717, 1.165) is 5.56 Å². The number of aliphatic carboxylic acids is 1. The van der Waals surface area contributed by atoms with Crippen molar-refractivity contribution < 1.29 is 33.8 Å². The third-order valence-electron chi connectivity index (χ3n) is 6.16. The Hall–Kier alpha value is -3.36. The number of carbonyl (C=O) groups is 5. The van der Waals surface area contributed by atoms with E-state index in [9.17, 15) is 24.0 Å². The van der Waals surface area contributed by atoms with Gasteiger partial charge in [0, 0.05) is 11.5 Å². The first-order chi connectivity index (χ1) is 19.9. The number of benzene rings is 1. The summed E-state index contributed by atoms with van der Waals surface area (Å²) in [6.07, 6.45) is 1.99. The summed E-state index contributed by atoms with van der Waals surface area (Å²) in [5.74, 6) is -2.00. The Balaban J connectivity index is 2.81. The first kappa shape index (κ1) is 36.7. The van der Waals surface area contributed by atoms with E-state index in [4.69, 9.17) is 21.3 Å². The molecule has 14 heteroatoms. The number of carboxylic acid groups (broad SMARTS) is 1. The Morgan fingerprint density at radius 3 is 2.17 bits per heavy atom. The lowest BCUT2D eigenvalue weighted by molar-refractivity contribution is -0.141. The molecule has 9 N–H and O–H groups in total. The van der Waals surface area contributed by atoms with E-state index in [1.165, 1.54) is 18.7 Å². The van der Waals surface area contributed by atoms with Crippen molar-refractivity contribution in [1.29, 1.82) is 0 Å². The van der Waals surface area contributed by atoms with Crippen molar-refractivity contribution in [3.05, 3.63) is 29.8 Å². The Morgan fingerprint density at radius 2 is 1.60 bits per heavy atom. The first-order valence-electron chi connectivity index (χ1n) is 13.9. The highest BCUT2D eigenvalue weighted by Gasteiger charge is 2.27. The van der Waals surface area contributed by atoms with Crippen LogP contribution in [-0.2, 0) is 29.7 Å². The fraction of sp³-hybridized carbons (Fsp3) is 0.607. The number of carbonyl (C=O) groups excluding carboxylic acids is 4. The second-order valence-electron chi connectivity index (χ2n) is 10.4. The Labute approximate surface area is 251 Å². The molecular formula is C28H46N6O7S. The molecule has 1 aromatic rings. The quantitative estimate of drug-likeness (QED) is 0.0989. The van der Waals surface area contributed by atoms with E-state index in [0.29, 0.717) is 43.7 Å². The molecule has 4 atom stereocenters. The van der Waals surface area contributed by atoms with Gasteiger partial charge in [0.05, 0.1) is 19.7 Å². The number of ether oxygens (including phenoxy) is 1. The van der Waals surface area contributed by atoms with Crippen LogP contribution in [0.1, 0.15) is 52.0 Å². The number of thioether (sulfide) groups is 1. The minimum Gasteiger partial charge on any atom is -0.497 e. The standard InChI is InChI=1S/C28H46N6O7S/c1-17(2)13-21(30)25(36)34-22(7-5-6-12-29)26(37)31-14-24(35)33-23(27(38)32-18(3)28(39)40)16-42-15-19-8-10-20(41-4)11-9-19/h8-11,17-18,21-23H,5-7,12-16,29-30H2,1-4H3,(H,31,37)(H,32,38)(H,33,35)(H,34,36)(H,39,40)/t18-,21-,22-,23-/m0/s1. The van der Waals surface area contributed by atoms with Crippen molar-refractivity contribution >= 4 is 41.4 Å². The van der Waals surface area contributed by atoms with Crippen LogP contribution in [-0.4, -0.2) is 84.8 Å². The highest BCUT2D eigenvalue weighted by Crippen LogP contribution is 2.17. The lowest BCUT2D eigenvalue weighted by atomic mass is 10.0. The molecule has 0 heterocycles. The molecule has 0 saturated carbocycles. The first-order valence-corrected chi connectivity index (χ1v) is 15.1. The number of amides is 4. The molecule has 0 unspecified atom stereocenters. The lowest BCUT2D eigenvalue weighted by Crippen LogP contribution is -2.55. The maximum atomic E-state index is 12.9. The van der Waals surface area contributed by atoms with Crippen LogP contribution < -0.4 is 37.5 Å². The zero-order valence-electron chi connectivity index (χ0n) is 24.8.